The first-order chi connectivity index (χ1) is 9.15. The summed E-state index contributed by atoms with van der Waals surface area (Å²) in [5.74, 6) is -0.514. The molecule has 0 amide bonds. The lowest BCUT2D eigenvalue weighted by molar-refractivity contribution is 0.0696. The van der Waals surface area contributed by atoms with Crippen molar-refractivity contribution < 1.29 is 19.7 Å². The molecule has 1 aromatic carbocycles. The lowest BCUT2D eigenvalue weighted by atomic mass is 10.2. The summed E-state index contributed by atoms with van der Waals surface area (Å²) in [5.41, 5.74) is 0.180. The van der Waals surface area contributed by atoms with Gasteiger partial charge in [-0.3, -0.25) is 0 Å². The number of carbonyl (C=O) groups is 1. The highest BCUT2D eigenvalue weighted by Gasteiger charge is 2.08. The van der Waals surface area contributed by atoms with Gasteiger partial charge in [0.2, 0.25) is 0 Å². The van der Waals surface area contributed by atoms with E-state index in [4.69, 9.17) is 9.84 Å². The summed E-state index contributed by atoms with van der Waals surface area (Å²) in [7, 11) is 0. The number of aromatic nitrogens is 4. The van der Waals surface area contributed by atoms with Gasteiger partial charge in [0.15, 0.2) is 6.33 Å². The molecule has 2 N–H and O–H groups in total. The molecule has 100 valence electrons. The number of aromatic carboxylic acids is 1. The van der Waals surface area contributed by atoms with Crippen LogP contribution in [0, 0.1) is 0 Å². The van der Waals surface area contributed by atoms with Crippen LogP contribution in [0.3, 0.4) is 0 Å². The maximum Gasteiger partial charge on any atom is 0.335 e. The number of tetrazole rings is 1. The highest BCUT2D eigenvalue weighted by atomic mass is 16.5. The number of nitrogens with zero attached hydrogens (tertiary/aromatic N) is 4. The molecule has 19 heavy (non-hydrogen) atoms. The van der Waals surface area contributed by atoms with E-state index in [9.17, 15) is 9.90 Å². The van der Waals surface area contributed by atoms with Gasteiger partial charge in [0.25, 0.3) is 0 Å². The van der Waals surface area contributed by atoms with Crippen molar-refractivity contribution in [3.05, 3.63) is 36.2 Å². The van der Waals surface area contributed by atoms with Crippen molar-refractivity contribution in [1.82, 2.24) is 20.2 Å². The fraction of sp³-hybridized carbons (Fsp3) is 0.273. The number of carboxylic acid groups (broad SMARTS) is 1. The van der Waals surface area contributed by atoms with Crippen LogP contribution in [0.4, 0.5) is 0 Å². The Hall–Kier alpha value is -2.48. The zero-order valence-corrected chi connectivity index (χ0v) is 9.88. The zero-order chi connectivity index (χ0) is 13.7. The summed E-state index contributed by atoms with van der Waals surface area (Å²) in [4.78, 5) is 11.9. The highest BCUT2D eigenvalue weighted by molar-refractivity contribution is 5.87. The van der Waals surface area contributed by atoms with Crippen LogP contribution in [-0.4, -0.2) is 49.1 Å². The minimum Gasteiger partial charge on any atom is -0.491 e. The van der Waals surface area contributed by atoms with Crippen molar-refractivity contribution in [2.45, 2.75) is 12.6 Å². The first-order valence-corrected chi connectivity index (χ1v) is 5.50. The van der Waals surface area contributed by atoms with E-state index >= 15 is 0 Å². The van der Waals surface area contributed by atoms with Gasteiger partial charge in [-0.25, -0.2) is 4.79 Å². The van der Waals surface area contributed by atoms with Crippen molar-refractivity contribution in [3.8, 4) is 5.75 Å². The SMILES string of the molecule is O=C(O)c1ccc(OC[C@H](O)Cn2ncnn2)cc1. The Morgan fingerprint density at radius 3 is 2.68 bits per heavy atom. The van der Waals surface area contributed by atoms with E-state index in [1.54, 1.807) is 0 Å². The summed E-state index contributed by atoms with van der Waals surface area (Å²) in [6.07, 6.45) is 0.492. The van der Waals surface area contributed by atoms with Crippen LogP contribution in [0.1, 0.15) is 10.4 Å². The second-order valence-corrected chi connectivity index (χ2v) is 3.79. The van der Waals surface area contributed by atoms with Crippen molar-refractivity contribution >= 4 is 5.97 Å². The molecular formula is C11H12N4O4. The third kappa shape index (κ3) is 3.75. The Balaban J connectivity index is 1.83. The maximum atomic E-state index is 10.7. The molecular weight excluding hydrogens is 252 g/mol. The molecule has 1 atom stereocenters. The topological polar surface area (TPSA) is 110 Å². The van der Waals surface area contributed by atoms with Crippen LogP contribution in [0.15, 0.2) is 30.6 Å². The largest absolute Gasteiger partial charge is 0.491 e. The quantitative estimate of drug-likeness (QED) is 0.744. The molecule has 8 heteroatoms. The maximum absolute atomic E-state index is 10.7. The molecule has 0 spiro atoms. The fourth-order valence-electron chi connectivity index (χ4n) is 1.40. The smallest absolute Gasteiger partial charge is 0.335 e. The summed E-state index contributed by atoms with van der Waals surface area (Å²) >= 11 is 0. The molecule has 0 saturated heterocycles. The number of hydrogen-bond acceptors (Lipinski definition) is 6. The molecule has 0 aliphatic carbocycles. The Labute approximate surface area is 108 Å². The molecule has 0 bridgehead atoms. The minimum atomic E-state index is -0.996. The van der Waals surface area contributed by atoms with Crippen LogP contribution < -0.4 is 4.74 Å². The van der Waals surface area contributed by atoms with Crippen LogP contribution >= 0.6 is 0 Å². The molecule has 0 saturated carbocycles. The van der Waals surface area contributed by atoms with Gasteiger partial charge in [0.1, 0.15) is 18.5 Å². The van der Waals surface area contributed by atoms with Gasteiger partial charge in [-0.2, -0.15) is 4.80 Å². The predicted octanol–water partition coefficient (Wildman–Crippen LogP) is -0.189. The van der Waals surface area contributed by atoms with Gasteiger partial charge in [-0.1, -0.05) is 0 Å². The average Bonchev–Trinajstić information content (AvgIpc) is 2.89. The molecule has 8 nitrogen and oxygen atoms in total. The number of ether oxygens (including phenoxy) is 1. The number of benzene rings is 1. The number of aliphatic hydroxyl groups is 1. The van der Waals surface area contributed by atoms with E-state index in [0.717, 1.165) is 0 Å². The summed E-state index contributed by atoms with van der Waals surface area (Å²) < 4.78 is 5.32. The van der Waals surface area contributed by atoms with Crippen LogP contribution in [0.25, 0.3) is 0 Å². The van der Waals surface area contributed by atoms with Crippen LogP contribution in [0.5, 0.6) is 5.75 Å². The predicted molar refractivity (Wildman–Crippen MR) is 62.7 cm³/mol. The third-order valence-corrected chi connectivity index (χ3v) is 2.31. The van der Waals surface area contributed by atoms with E-state index in [0.29, 0.717) is 5.75 Å². The van der Waals surface area contributed by atoms with Crippen LogP contribution in [0.2, 0.25) is 0 Å². The van der Waals surface area contributed by atoms with Gasteiger partial charge in [0, 0.05) is 0 Å². The number of carboxylic acids is 1. The summed E-state index contributed by atoms with van der Waals surface area (Å²) in [6, 6.07) is 5.93. The monoisotopic (exact) mass is 264 g/mol. The molecule has 0 unspecified atom stereocenters. The molecule has 0 aliphatic rings. The van der Waals surface area contributed by atoms with E-state index < -0.39 is 12.1 Å². The van der Waals surface area contributed by atoms with Crippen molar-refractivity contribution in [1.29, 1.82) is 0 Å². The number of aliphatic hydroxyl groups excluding tert-OH is 1. The lowest BCUT2D eigenvalue weighted by Gasteiger charge is -2.11. The van der Waals surface area contributed by atoms with Crippen molar-refractivity contribution in [3.63, 3.8) is 0 Å². The van der Waals surface area contributed by atoms with E-state index in [1.807, 2.05) is 0 Å². The second-order valence-electron chi connectivity index (χ2n) is 3.79. The van der Waals surface area contributed by atoms with Crippen molar-refractivity contribution in [2.75, 3.05) is 6.61 Å². The van der Waals surface area contributed by atoms with Gasteiger partial charge in [0.05, 0.1) is 12.1 Å². The Morgan fingerprint density at radius 2 is 2.11 bits per heavy atom. The Morgan fingerprint density at radius 1 is 1.37 bits per heavy atom. The van der Waals surface area contributed by atoms with E-state index in [-0.39, 0.29) is 18.7 Å². The Kier molecular flexibility index (Phi) is 4.04. The van der Waals surface area contributed by atoms with Gasteiger partial charge in [-0.05, 0) is 29.5 Å². The zero-order valence-electron chi connectivity index (χ0n) is 9.88. The molecule has 2 aromatic rings. The first-order valence-electron chi connectivity index (χ1n) is 5.50. The Bertz CT molecular complexity index is 526. The third-order valence-electron chi connectivity index (χ3n) is 2.31. The molecule has 0 fully saturated rings. The molecule has 0 aliphatic heterocycles. The first kappa shape index (κ1) is 13.0. The number of rotatable bonds is 6. The standard InChI is InChI=1S/C11H12N4O4/c16-9(5-15-13-7-12-14-15)6-19-10-3-1-8(2-4-10)11(17)18/h1-4,7,9,16H,5-6H2,(H,17,18)/t9-/m1/s1. The molecule has 1 heterocycles. The average molecular weight is 264 g/mol. The van der Waals surface area contributed by atoms with Crippen molar-refractivity contribution in [2.24, 2.45) is 0 Å². The normalized spacial score (nSPS) is 12.1. The highest BCUT2D eigenvalue weighted by Crippen LogP contribution is 2.12. The van der Waals surface area contributed by atoms with Gasteiger partial charge >= 0.3 is 5.97 Å². The summed E-state index contributed by atoms with van der Waals surface area (Å²) in [5, 5.41) is 29.3. The fourth-order valence-corrected chi connectivity index (χ4v) is 1.40. The molecule has 1 aromatic heterocycles. The number of hydrogen-bond donors (Lipinski definition) is 2. The van der Waals surface area contributed by atoms with Crippen LogP contribution in [-0.2, 0) is 6.54 Å². The van der Waals surface area contributed by atoms with E-state index in [2.05, 4.69) is 15.4 Å². The summed E-state index contributed by atoms with van der Waals surface area (Å²) in [6.45, 7) is 0.223. The van der Waals surface area contributed by atoms with Gasteiger partial charge in [-0.15, -0.1) is 10.2 Å². The molecule has 2 rings (SSSR count). The van der Waals surface area contributed by atoms with Gasteiger partial charge < -0.3 is 14.9 Å². The minimum absolute atomic E-state index is 0.0496. The molecule has 0 radical (unpaired) electrons. The second kappa shape index (κ2) is 5.91. The van der Waals surface area contributed by atoms with E-state index in [1.165, 1.54) is 35.4 Å². The lowest BCUT2D eigenvalue weighted by Crippen LogP contribution is -2.24.